The number of phenols is 1. The zero-order chi connectivity index (χ0) is 11.0. The molecule has 0 aliphatic heterocycles. The van der Waals surface area contributed by atoms with Crippen molar-refractivity contribution >= 4 is 28.2 Å². The molecule has 0 aliphatic carbocycles. The Hall–Kier alpha value is -1.54. The van der Waals surface area contributed by atoms with Crippen LogP contribution in [0.25, 0.3) is 10.8 Å². The first kappa shape index (κ1) is 9.99. The smallest absolute Gasteiger partial charge is 0.164 e. The lowest BCUT2D eigenvalue weighted by atomic mass is 10.0. The van der Waals surface area contributed by atoms with Gasteiger partial charge in [-0.1, -0.05) is 23.7 Å². The molecule has 76 valence electrons. The summed E-state index contributed by atoms with van der Waals surface area (Å²) in [6.45, 7) is 1.43. The minimum absolute atomic E-state index is 0.0114. The van der Waals surface area contributed by atoms with Gasteiger partial charge in [0.05, 0.1) is 5.56 Å². The Bertz CT molecular complexity index is 547. The lowest BCUT2D eigenvalue weighted by molar-refractivity contribution is 0.101. The number of fused-ring (bicyclic) bond motifs is 1. The van der Waals surface area contributed by atoms with Crippen molar-refractivity contribution in [2.24, 2.45) is 0 Å². The number of phenolic OH excluding ortho intramolecular Hbond substituents is 1. The van der Waals surface area contributed by atoms with Gasteiger partial charge in [0.2, 0.25) is 0 Å². The third-order valence-electron chi connectivity index (χ3n) is 2.31. The molecule has 0 saturated heterocycles. The van der Waals surface area contributed by atoms with Crippen molar-refractivity contribution in [3.05, 3.63) is 40.9 Å². The van der Waals surface area contributed by atoms with E-state index >= 15 is 0 Å². The Morgan fingerprint density at radius 2 is 2.00 bits per heavy atom. The summed E-state index contributed by atoms with van der Waals surface area (Å²) in [5.74, 6) is -0.141. The van der Waals surface area contributed by atoms with Crippen molar-refractivity contribution < 1.29 is 9.90 Å². The van der Waals surface area contributed by atoms with Gasteiger partial charge < -0.3 is 5.11 Å². The van der Waals surface area contributed by atoms with Crippen LogP contribution in [0.3, 0.4) is 0 Å². The highest BCUT2D eigenvalue weighted by Gasteiger charge is 2.10. The average molecular weight is 221 g/mol. The van der Waals surface area contributed by atoms with Crippen LogP contribution in [0.4, 0.5) is 0 Å². The maximum Gasteiger partial charge on any atom is 0.164 e. The van der Waals surface area contributed by atoms with E-state index in [1.165, 1.54) is 13.0 Å². The van der Waals surface area contributed by atoms with E-state index in [2.05, 4.69) is 0 Å². The van der Waals surface area contributed by atoms with Crippen LogP contribution >= 0.6 is 11.6 Å². The largest absolute Gasteiger partial charge is 0.507 e. The fraction of sp³-hybridized carbons (Fsp3) is 0.0833. The summed E-state index contributed by atoms with van der Waals surface area (Å²) in [5.41, 5.74) is 0.351. The lowest BCUT2D eigenvalue weighted by Gasteiger charge is -2.06. The first-order valence-electron chi connectivity index (χ1n) is 4.52. The molecular weight excluding hydrogens is 212 g/mol. The van der Waals surface area contributed by atoms with Gasteiger partial charge in [0.1, 0.15) is 5.75 Å². The summed E-state index contributed by atoms with van der Waals surface area (Å²) in [5, 5.41) is 11.8. The second kappa shape index (κ2) is 3.55. The molecule has 15 heavy (non-hydrogen) atoms. The zero-order valence-electron chi connectivity index (χ0n) is 8.12. The predicted molar refractivity (Wildman–Crippen MR) is 60.6 cm³/mol. The van der Waals surface area contributed by atoms with Crippen molar-refractivity contribution in [3.63, 3.8) is 0 Å². The molecule has 0 spiro atoms. The van der Waals surface area contributed by atoms with Crippen LogP contribution in [0.1, 0.15) is 17.3 Å². The van der Waals surface area contributed by atoms with Crippen molar-refractivity contribution in [2.45, 2.75) is 6.92 Å². The van der Waals surface area contributed by atoms with Crippen LogP contribution < -0.4 is 0 Å². The van der Waals surface area contributed by atoms with Gasteiger partial charge in [-0.25, -0.2) is 0 Å². The monoisotopic (exact) mass is 220 g/mol. The van der Waals surface area contributed by atoms with E-state index in [9.17, 15) is 9.90 Å². The van der Waals surface area contributed by atoms with Gasteiger partial charge in [0.15, 0.2) is 5.78 Å². The van der Waals surface area contributed by atoms with E-state index in [1.807, 2.05) is 0 Å². The number of Topliss-reactive ketones (excluding diaryl/α,β-unsaturated/α-hetero) is 1. The van der Waals surface area contributed by atoms with Crippen LogP contribution in [-0.4, -0.2) is 10.9 Å². The molecule has 2 nitrogen and oxygen atoms in total. The molecule has 0 aromatic heterocycles. The second-order valence-corrected chi connectivity index (χ2v) is 3.82. The van der Waals surface area contributed by atoms with Gasteiger partial charge in [-0.3, -0.25) is 4.79 Å². The zero-order valence-corrected chi connectivity index (χ0v) is 8.88. The third-order valence-corrected chi connectivity index (χ3v) is 2.55. The molecule has 2 aromatic rings. The average Bonchev–Trinajstić information content (AvgIpc) is 2.17. The highest BCUT2D eigenvalue weighted by Crippen LogP contribution is 2.29. The van der Waals surface area contributed by atoms with Crippen molar-refractivity contribution in [3.8, 4) is 5.75 Å². The SMILES string of the molecule is CC(=O)c1c(O)ccc2cc(Cl)ccc12. The predicted octanol–water partition coefficient (Wildman–Crippen LogP) is 3.40. The minimum atomic E-state index is -0.152. The van der Waals surface area contributed by atoms with Crippen LogP contribution in [-0.2, 0) is 0 Å². The van der Waals surface area contributed by atoms with Gasteiger partial charge in [-0.05, 0) is 35.9 Å². The van der Waals surface area contributed by atoms with Gasteiger partial charge >= 0.3 is 0 Å². The normalized spacial score (nSPS) is 10.5. The molecule has 0 unspecified atom stereocenters. The quantitative estimate of drug-likeness (QED) is 0.748. The van der Waals surface area contributed by atoms with Crippen molar-refractivity contribution in [2.75, 3.05) is 0 Å². The summed E-state index contributed by atoms with van der Waals surface area (Å²) in [4.78, 5) is 11.4. The standard InChI is InChI=1S/C12H9ClO2/c1-7(14)12-10-4-3-9(13)6-8(10)2-5-11(12)15/h2-6,15H,1H3. The molecule has 0 heterocycles. The van der Waals surface area contributed by atoms with Crippen LogP contribution in [0.5, 0.6) is 5.75 Å². The number of benzene rings is 2. The van der Waals surface area contributed by atoms with Gasteiger partial charge in [-0.2, -0.15) is 0 Å². The fourth-order valence-corrected chi connectivity index (χ4v) is 1.84. The van der Waals surface area contributed by atoms with Gasteiger partial charge in [0, 0.05) is 5.02 Å². The Morgan fingerprint density at radius 3 is 2.67 bits per heavy atom. The number of rotatable bonds is 1. The van der Waals surface area contributed by atoms with Crippen LogP contribution in [0, 0.1) is 0 Å². The number of halogens is 1. The molecule has 1 N–H and O–H groups in total. The number of carbonyl (C=O) groups is 1. The third kappa shape index (κ3) is 1.68. The molecule has 0 saturated carbocycles. The maximum atomic E-state index is 11.4. The topological polar surface area (TPSA) is 37.3 Å². The molecule has 0 bridgehead atoms. The molecule has 0 aliphatic rings. The molecule has 2 aromatic carbocycles. The van der Waals surface area contributed by atoms with Crippen LogP contribution in [0.2, 0.25) is 5.02 Å². The first-order valence-corrected chi connectivity index (χ1v) is 4.89. The van der Waals surface area contributed by atoms with E-state index in [4.69, 9.17) is 11.6 Å². The summed E-state index contributed by atoms with van der Waals surface area (Å²) in [6.07, 6.45) is 0. The van der Waals surface area contributed by atoms with E-state index < -0.39 is 0 Å². The highest BCUT2D eigenvalue weighted by atomic mass is 35.5. The Balaban J connectivity index is 2.88. The molecule has 0 radical (unpaired) electrons. The number of ketones is 1. The summed E-state index contributed by atoms with van der Waals surface area (Å²) in [7, 11) is 0. The molecule has 0 atom stereocenters. The van der Waals surface area contributed by atoms with Crippen molar-refractivity contribution in [1.29, 1.82) is 0 Å². The molecule has 0 amide bonds. The van der Waals surface area contributed by atoms with Crippen LogP contribution in [0.15, 0.2) is 30.3 Å². The lowest BCUT2D eigenvalue weighted by Crippen LogP contribution is -1.94. The number of carbonyl (C=O) groups excluding carboxylic acids is 1. The van der Waals surface area contributed by atoms with E-state index in [0.29, 0.717) is 10.6 Å². The summed E-state index contributed by atoms with van der Waals surface area (Å²) in [6, 6.07) is 8.46. The number of hydrogen-bond acceptors (Lipinski definition) is 2. The Labute approximate surface area is 92.1 Å². The minimum Gasteiger partial charge on any atom is -0.507 e. The first-order chi connectivity index (χ1) is 7.09. The number of hydrogen-bond donors (Lipinski definition) is 1. The van der Waals surface area contributed by atoms with Gasteiger partial charge in [0.25, 0.3) is 0 Å². The summed E-state index contributed by atoms with van der Waals surface area (Å²) < 4.78 is 0. The van der Waals surface area contributed by atoms with E-state index in [-0.39, 0.29) is 11.5 Å². The van der Waals surface area contributed by atoms with E-state index in [0.717, 1.165) is 10.8 Å². The Kier molecular flexibility index (Phi) is 2.37. The molecule has 2 rings (SSSR count). The van der Waals surface area contributed by atoms with Crippen molar-refractivity contribution in [1.82, 2.24) is 0 Å². The second-order valence-electron chi connectivity index (χ2n) is 3.38. The maximum absolute atomic E-state index is 11.4. The Morgan fingerprint density at radius 1 is 1.27 bits per heavy atom. The molecule has 0 fully saturated rings. The van der Waals surface area contributed by atoms with Gasteiger partial charge in [-0.15, -0.1) is 0 Å². The number of aromatic hydroxyl groups is 1. The summed E-state index contributed by atoms with van der Waals surface area (Å²) >= 11 is 5.84. The van der Waals surface area contributed by atoms with E-state index in [1.54, 1.807) is 24.3 Å². The highest BCUT2D eigenvalue weighted by molar-refractivity contribution is 6.31. The molecule has 3 heteroatoms. The molecular formula is C12H9ClO2. The fourth-order valence-electron chi connectivity index (χ4n) is 1.66.